The molecule has 0 radical (unpaired) electrons. The Morgan fingerprint density at radius 2 is 1.97 bits per heavy atom. The Morgan fingerprint density at radius 1 is 1.12 bits per heavy atom. The van der Waals surface area contributed by atoms with E-state index in [0.717, 1.165) is 41.0 Å². The molecule has 0 aromatic carbocycles. The molecule has 172 valence electrons. The van der Waals surface area contributed by atoms with Gasteiger partial charge in [0.05, 0.1) is 17.4 Å². The SMILES string of the molecule is CCCC(C)CCc1cnn(C)c1-c1ccn2nc(Nc3cc(C)nc(C4CC4)n3)cc2c1. The van der Waals surface area contributed by atoms with Crippen LogP contribution < -0.4 is 5.32 Å². The fraction of sp³-hybridized carbons (Fsp3) is 0.462. The van der Waals surface area contributed by atoms with Crippen molar-refractivity contribution in [3.8, 4) is 11.3 Å². The number of fused-ring (bicyclic) bond motifs is 1. The minimum atomic E-state index is 0.520. The van der Waals surface area contributed by atoms with E-state index in [4.69, 9.17) is 10.1 Å². The van der Waals surface area contributed by atoms with Crippen molar-refractivity contribution in [2.45, 2.75) is 65.2 Å². The van der Waals surface area contributed by atoms with Crippen LogP contribution in [0.3, 0.4) is 0 Å². The molecule has 0 saturated heterocycles. The van der Waals surface area contributed by atoms with Gasteiger partial charge in [-0.2, -0.15) is 10.2 Å². The zero-order valence-corrected chi connectivity index (χ0v) is 20.0. The quantitative estimate of drug-likeness (QED) is 0.353. The number of pyridine rings is 1. The van der Waals surface area contributed by atoms with Crippen LogP contribution in [-0.4, -0.2) is 29.4 Å². The maximum absolute atomic E-state index is 4.71. The Morgan fingerprint density at radius 3 is 2.76 bits per heavy atom. The summed E-state index contributed by atoms with van der Waals surface area (Å²) in [5.74, 6) is 3.79. The minimum Gasteiger partial charge on any atom is -0.323 e. The van der Waals surface area contributed by atoms with Gasteiger partial charge in [0, 0.05) is 42.6 Å². The molecular weight excluding hydrogens is 410 g/mol. The van der Waals surface area contributed by atoms with Crippen molar-refractivity contribution < 1.29 is 0 Å². The number of anilines is 2. The number of rotatable bonds is 9. The molecule has 4 aromatic rings. The number of aryl methyl sites for hydroxylation is 3. The monoisotopic (exact) mass is 443 g/mol. The average Bonchev–Trinajstić information content (AvgIpc) is 3.46. The minimum absolute atomic E-state index is 0.520. The fourth-order valence-corrected chi connectivity index (χ4v) is 4.59. The predicted octanol–water partition coefficient (Wildman–Crippen LogP) is 5.82. The normalized spacial score (nSPS) is 14.7. The topological polar surface area (TPSA) is 72.9 Å². The van der Waals surface area contributed by atoms with Gasteiger partial charge < -0.3 is 5.32 Å². The summed E-state index contributed by atoms with van der Waals surface area (Å²) in [6.45, 7) is 6.62. The highest BCUT2D eigenvalue weighted by Crippen LogP contribution is 2.38. The van der Waals surface area contributed by atoms with Crippen molar-refractivity contribution in [1.82, 2.24) is 29.4 Å². The van der Waals surface area contributed by atoms with E-state index in [1.54, 1.807) is 0 Å². The molecular formula is C26H33N7. The third-order valence-corrected chi connectivity index (χ3v) is 6.51. The third-order valence-electron chi connectivity index (χ3n) is 6.51. The maximum Gasteiger partial charge on any atom is 0.154 e. The van der Waals surface area contributed by atoms with E-state index in [2.05, 4.69) is 47.4 Å². The Balaban J connectivity index is 1.39. The summed E-state index contributed by atoms with van der Waals surface area (Å²) < 4.78 is 3.89. The molecule has 5 rings (SSSR count). The van der Waals surface area contributed by atoms with Gasteiger partial charge in [-0.3, -0.25) is 4.68 Å². The first-order chi connectivity index (χ1) is 16.0. The predicted molar refractivity (Wildman–Crippen MR) is 132 cm³/mol. The summed E-state index contributed by atoms with van der Waals surface area (Å²) in [6.07, 6.45) is 11.2. The van der Waals surface area contributed by atoms with E-state index < -0.39 is 0 Å². The molecule has 0 bridgehead atoms. The van der Waals surface area contributed by atoms with Crippen LogP contribution in [0, 0.1) is 12.8 Å². The van der Waals surface area contributed by atoms with Gasteiger partial charge in [0.15, 0.2) is 5.82 Å². The molecule has 1 saturated carbocycles. The zero-order valence-electron chi connectivity index (χ0n) is 20.0. The highest BCUT2D eigenvalue weighted by atomic mass is 15.3. The molecule has 1 atom stereocenters. The average molecular weight is 444 g/mol. The summed E-state index contributed by atoms with van der Waals surface area (Å²) in [5, 5.41) is 12.6. The number of aromatic nitrogens is 6. The van der Waals surface area contributed by atoms with Crippen LogP contribution >= 0.6 is 0 Å². The molecule has 7 heteroatoms. The number of nitrogens with one attached hydrogen (secondary N) is 1. The Hall–Kier alpha value is -3.22. The molecule has 4 aromatic heterocycles. The molecule has 7 nitrogen and oxygen atoms in total. The Kier molecular flexibility index (Phi) is 5.87. The largest absolute Gasteiger partial charge is 0.323 e. The van der Waals surface area contributed by atoms with Gasteiger partial charge in [0.1, 0.15) is 11.6 Å². The lowest BCUT2D eigenvalue weighted by molar-refractivity contribution is 0.486. The van der Waals surface area contributed by atoms with Gasteiger partial charge in [-0.15, -0.1) is 0 Å². The highest BCUT2D eigenvalue weighted by Gasteiger charge is 2.27. The molecule has 1 unspecified atom stereocenters. The van der Waals surface area contributed by atoms with Crippen LogP contribution in [0.15, 0.2) is 36.7 Å². The third kappa shape index (κ3) is 4.77. The van der Waals surface area contributed by atoms with Crippen molar-refractivity contribution in [3.63, 3.8) is 0 Å². The van der Waals surface area contributed by atoms with Crippen LogP contribution in [0.25, 0.3) is 16.8 Å². The lowest BCUT2D eigenvalue weighted by Crippen LogP contribution is -2.01. The van der Waals surface area contributed by atoms with Crippen molar-refractivity contribution in [2.75, 3.05) is 5.32 Å². The van der Waals surface area contributed by atoms with Gasteiger partial charge in [-0.25, -0.2) is 14.5 Å². The second kappa shape index (κ2) is 8.96. The Bertz CT molecular complexity index is 1270. The number of nitrogens with zero attached hydrogens (tertiary/aromatic N) is 6. The highest BCUT2D eigenvalue weighted by molar-refractivity contribution is 5.71. The Labute approximate surface area is 195 Å². The van der Waals surface area contributed by atoms with Crippen molar-refractivity contribution in [2.24, 2.45) is 13.0 Å². The second-order valence-corrected chi connectivity index (χ2v) is 9.54. The van der Waals surface area contributed by atoms with Crippen LogP contribution in [0.4, 0.5) is 11.6 Å². The summed E-state index contributed by atoms with van der Waals surface area (Å²) >= 11 is 0. The summed E-state index contributed by atoms with van der Waals surface area (Å²) in [6, 6.07) is 8.36. The van der Waals surface area contributed by atoms with E-state index in [9.17, 15) is 0 Å². The maximum atomic E-state index is 4.71. The lowest BCUT2D eigenvalue weighted by atomic mass is 9.96. The molecule has 33 heavy (non-hydrogen) atoms. The van der Waals surface area contributed by atoms with Crippen molar-refractivity contribution >= 4 is 17.2 Å². The smallest absolute Gasteiger partial charge is 0.154 e. The zero-order chi connectivity index (χ0) is 22.9. The molecule has 1 aliphatic carbocycles. The fourth-order valence-electron chi connectivity index (χ4n) is 4.59. The van der Waals surface area contributed by atoms with Gasteiger partial charge >= 0.3 is 0 Å². The van der Waals surface area contributed by atoms with Gasteiger partial charge in [-0.1, -0.05) is 26.7 Å². The van der Waals surface area contributed by atoms with E-state index in [1.165, 1.54) is 48.9 Å². The standard InChI is InChI=1S/C26H33N7/c1-5-6-17(2)7-8-21-16-27-32(4)25(21)20-11-12-33-22(14-20)15-24(31-33)29-23-13-18(3)28-26(30-23)19-9-10-19/h11-17,19H,5-10H2,1-4H3,(H,28,29,30,31). The summed E-state index contributed by atoms with van der Waals surface area (Å²) in [5.41, 5.74) is 5.69. The molecule has 0 spiro atoms. The molecule has 1 N–H and O–H groups in total. The van der Waals surface area contributed by atoms with Crippen LogP contribution in [0.5, 0.6) is 0 Å². The molecule has 4 heterocycles. The van der Waals surface area contributed by atoms with E-state index >= 15 is 0 Å². The van der Waals surface area contributed by atoms with Crippen molar-refractivity contribution in [1.29, 1.82) is 0 Å². The summed E-state index contributed by atoms with van der Waals surface area (Å²) in [7, 11) is 2.02. The first-order valence-electron chi connectivity index (χ1n) is 12.1. The van der Waals surface area contributed by atoms with Crippen LogP contribution in [0.1, 0.15) is 69.0 Å². The molecule has 0 amide bonds. The van der Waals surface area contributed by atoms with E-state index in [-0.39, 0.29) is 0 Å². The first kappa shape index (κ1) is 21.6. The van der Waals surface area contributed by atoms with Gasteiger partial charge in [0.2, 0.25) is 0 Å². The lowest BCUT2D eigenvalue weighted by Gasteiger charge is -2.11. The second-order valence-electron chi connectivity index (χ2n) is 9.54. The van der Waals surface area contributed by atoms with E-state index in [0.29, 0.717) is 5.92 Å². The van der Waals surface area contributed by atoms with Crippen LogP contribution in [0.2, 0.25) is 0 Å². The number of hydrogen-bond donors (Lipinski definition) is 1. The molecule has 0 aliphatic heterocycles. The van der Waals surface area contributed by atoms with Gasteiger partial charge in [0.25, 0.3) is 0 Å². The van der Waals surface area contributed by atoms with Crippen LogP contribution in [-0.2, 0) is 13.5 Å². The van der Waals surface area contributed by atoms with Crippen molar-refractivity contribution in [3.05, 3.63) is 53.7 Å². The molecule has 1 aliphatic rings. The molecule has 1 fully saturated rings. The number of hydrogen-bond acceptors (Lipinski definition) is 5. The summed E-state index contributed by atoms with van der Waals surface area (Å²) in [4.78, 5) is 9.29. The van der Waals surface area contributed by atoms with Gasteiger partial charge in [-0.05, 0) is 56.2 Å². The first-order valence-corrected chi connectivity index (χ1v) is 12.1. The van der Waals surface area contributed by atoms with E-state index in [1.807, 2.05) is 41.6 Å².